The number of hydrogen-bond acceptors (Lipinski definition) is 8. The van der Waals surface area contributed by atoms with Crippen molar-refractivity contribution >= 4 is 22.0 Å². The summed E-state index contributed by atoms with van der Waals surface area (Å²) in [6.07, 6.45) is 3.37. The number of aliphatic hydroxyl groups is 3. The van der Waals surface area contributed by atoms with E-state index in [1.807, 2.05) is 32.1 Å². The fraction of sp³-hybridized carbons (Fsp3) is 0.583. The number of epoxide rings is 1. The van der Waals surface area contributed by atoms with Crippen molar-refractivity contribution in [1.29, 1.82) is 0 Å². The van der Waals surface area contributed by atoms with Gasteiger partial charge in [-0.25, -0.2) is 9.97 Å². The van der Waals surface area contributed by atoms with E-state index in [1.54, 1.807) is 19.3 Å². The molecule has 3 N–H and O–H groups in total. The number of oxazole rings is 1. The molecular formula is C24H31BrN2O6. The van der Waals surface area contributed by atoms with Crippen LogP contribution < -0.4 is 0 Å². The van der Waals surface area contributed by atoms with E-state index in [0.717, 1.165) is 15.7 Å². The molecule has 2 aromatic heterocycles. The van der Waals surface area contributed by atoms with Gasteiger partial charge < -0.3 is 29.2 Å². The van der Waals surface area contributed by atoms with Crippen LogP contribution in [-0.4, -0.2) is 68.5 Å². The van der Waals surface area contributed by atoms with Gasteiger partial charge in [0.05, 0.1) is 43.3 Å². The first-order valence-electron chi connectivity index (χ1n) is 11.3. The minimum Gasteiger partial charge on any atom is -0.437 e. The second kappa shape index (κ2) is 10.3. The molecule has 0 bridgehead atoms. The van der Waals surface area contributed by atoms with E-state index >= 15 is 0 Å². The highest BCUT2D eigenvalue weighted by Crippen LogP contribution is 2.38. The fourth-order valence-corrected chi connectivity index (χ4v) is 4.54. The molecule has 0 aliphatic carbocycles. The SMILES string of the molecule is C/C(=C\c1ncc(-c2ccc(Br)nc2)o1)C[C@@H]1OC[C@H](C[C@H]2O[C@H]2[C@@H](C)[C@H](C)O)[C@@H](O)[C@H]1O. The maximum atomic E-state index is 10.7. The summed E-state index contributed by atoms with van der Waals surface area (Å²) < 4.78 is 18.2. The Morgan fingerprint density at radius 3 is 2.67 bits per heavy atom. The van der Waals surface area contributed by atoms with Crippen molar-refractivity contribution in [3.8, 4) is 11.3 Å². The van der Waals surface area contributed by atoms with Crippen molar-refractivity contribution in [3.63, 3.8) is 0 Å². The number of nitrogens with zero attached hydrogens (tertiary/aromatic N) is 2. The molecule has 8 atom stereocenters. The molecule has 2 saturated heterocycles. The van der Waals surface area contributed by atoms with Gasteiger partial charge in [-0.15, -0.1) is 0 Å². The molecule has 0 saturated carbocycles. The Kier molecular flexibility index (Phi) is 7.67. The van der Waals surface area contributed by atoms with Crippen LogP contribution in [0.4, 0.5) is 0 Å². The van der Waals surface area contributed by atoms with Gasteiger partial charge in [0.25, 0.3) is 0 Å². The lowest BCUT2D eigenvalue weighted by Crippen LogP contribution is -2.50. The van der Waals surface area contributed by atoms with Crippen LogP contribution >= 0.6 is 15.9 Å². The van der Waals surface area contributed by atoms with Crippen LogP contribution in [0.3, 0.4) is 0 Å². The molecule has 0 spiro atoms. The number of hydrogen-bond donors (Lipinski definition) is 3. The zero-order valence-corrected chi connectivity index (χ0v) is 20.6. The Morgan fingerprint density at radius 1 is 1.18 bits per heavy atom. The van der Waals surface area contributed by atoms with E-state index in [2.05, 4.69) is 25.9 Å². The van der Waals surface area contributed by atoms with Crippen molar-refractivity contribution in [2.75, 3.05) is 6.61 Å². The van der Waals surface area contributed by atoms with Crippen LogP contribution in [-0.2, 0) is 9.47 Å². The van der Waals surface area contributed by atoms with Crippen LogP contribution in [0.5, 0.6) is 0 Å². The summed E-state index contributed by atoms with van der Waals surface area (Å²) in [6.45, 7) is 5.98. The summed E-state index contributed by atoms with van der Waals surface area (Å²) in [5.74, 6) is 0.911. The van der Waals surface area contributed by atoms with Gasteiger partial charge in [-0.05, 0) is 60.8 Å². The Hall–Kier alpha value is -1.62. The smallest absolute Gasteiger partial charge is 0.219 e. The summed E-state index contributed by atoms with van der Waals surface area (Å²) in [4.78, 5) is 8.49. The predicted octanol–water partition coefficient (Wildman–Crippen LogP) is 3.20. The number of aromatic nitrogens is 2. The van der Waals surface area contributed by atoms with E-state index in [4.69, 9.17) is 13.9 Å². The second-order valence-corrected chi connectivity index (χ2v) is 10.0. The molecule has 2 fully saturated rings. The largest absolute Gasteiger partial charge is 0.437 e. The highest BCUT2D eigenvalue weighted by atomic mass is 79.9. The molecule has 180 valence electrons. The maximum Gasteiger partial charge on any atom is 0.219 e. The first kappa shape index (κ1) is 24.5. The van der Waals surface area contributed by atoms with Crippen LogP contribution in [0.1, 0.15) is 39.5 Å². The van der Waals surface area contributed by atoms with Crippen LogP contribution in [0.15, 0.2) is 39.1 Å². The first-order valence-corrected chi connectivity index (χ1v) is 12.1. The Labute approximate surface area is 201 Å². The van der Waals surface area contributed by atoms with Gasteiger partial charge in [0, 0.05) is 23.6 Å². The van der Waals surface area contributed by atoms with E-state index in [1.165, 1.54) is 0 Å². The molecule has 2 aromatic rings. The van der Waals surface area contributed by atoms with Crippen molar-refractivity contribution in [2.45, 2.75) is 70.2 Å². The monoisotopic (exact) mass is 522 g/mol. The summed E-state index contributed by atoms with van der Waals surface area (Å²) in [5.41, 5.74) is 1.75. The molecule has 2 aliphatic heterocycles. The summed E-state index contributed by atoms with van der Waals surface area (Å²) in [5, 5.41) is 31.1. The van der Waals surface area contributed by atoms with Crippen molar-refractivity contribution in [1.82, 2.24) is 9.97 Å². The van der Waals surface area contributed by atoms with E-state index in [0.29, 0.717) is 31.1 Å². The first-order chi connectivity index (χ1) is 15.7. The van der Waals surface area contributed by atoms with Crippen LogP contribution in [0.2, 0.25) is 0 Å². The Morgan fingerprint density at radius 2 is 1.97 bits per heavy atom. The molecular weight excluding hydrogens is 492 g/mol. The molecule has 33 heavy (non-hydrogen) atoms. The number of ether oxygens (including phenoxy) is 2. The summed E-state index contributed by atoms with van der Waals surface area (Å²) in [7, 11) is 0. The zero-order chi connectivity index (χ0) is 23.7. The van der Waals surface area contributed by atoms with Gasteiger partial charge in [0.15, 0.2) is 5.76 Å². The predicted molar refractivity (Wildman–Crippen MR) is 125 cm³/mol. The quantitative estimate of drug-likeness (QED) is 0.356. The Balaban J connectivity index is 1.31. The molecule has 4 rings (SSSR count). The molecule has 0 aromatic carbocycles. The number of rotatable bonds is 8. The van der Waals surface area contributed by atoms with Gasteiger partial charge in [-0.3, -0.25) is 0 Å². The number of pyridine rings is 1. The standard InChI is InChI=1S/C24H31BrN2O6/c1-12(7-21-27-10-19(32-21)15-4-5-20(25)26-9-15)6-17-23(30)22(29)16(11-31-17)8-18-24(33-18)13(2)14(3)28/h4-5,7,9-10,13-14,16-18,22-24,28-30H,6,8,11H2,1-3H3/b12-7+/t13-,14-,16-,17-,18+,22+,23-,24-/m0/s1. The third kappa shape index (κ3) is 5.90. The van der Waals surface area contributed by atoms with E-state index in [-0.39, 0.29) is 24.0 Å². The van der Waals surface area contributed by atoms with E-state index in [9.17, 15) is 15.3 Å². The minimum atomic E-state index is -0.993. The number of aliphatic hydroxyl groups excluding tert-OH is 3. The normalized spacial score (nSPS) is 31.9. The lowest BCUT2D eigenvalue weighted by molar-refractivity contribution is -0.165. The van der Waals surface area contributed by atoms with Crippen molar-refractivity contribution in [3.05, 3.63) is 40.6 Å². The Bertz CT molecular complexity index is 962. The zero-order valence-electron chi connectivity index (χ0n) is 19.0. The summed E-state index contributed by atoms with van der Waals surface area (Å²) in [6, 6.07) is 3.73. The third-order valence-corrected chi connectivity index (χ3v) is 7.07. The molecule has 9 heteroatoms. The molecule has 0 amide bonds. The fourth-order valence-electron chi connectivity index (χ4n) is 4.31. The second-order valence-electron chi connectivity index (χ2n) is 9.21. The van der Waals surface area contributed by atoms with Crippen LogP contribution in [0, 0.1) is 11.8 Å². The minimum absolute atomic E-state index is 0.00359. The average Bonchev–Trinajstić information content (AvgIpc) is 3.40. The third-order valence-electron chi connectivity index (χ3n) is 6.60. The molecule has 0 unspecified atom stereocenters. The molecule has 4 heterocycles. The van der Waals surface area contributed by atoms with Gasteiger partial charge >= 0.3 is 0 Å². The lowest BCUT2D eigenvalue weighted by Gasteiger charge is -2.38. The molecule has 0 radical (unpaired) electrons. The topological polar surface area (TPSA) is 121 Å². The van der Waals surface area contributed by atoms with Crippen LogP contribution in [0.25, 0.3) is 17.4 Å². The van der Waals surface area contributed by atoms with Gasteiger partial charge in [0.1, 0.15) is 10.7 Å². The number of halogens is 1. The molecule has 8 nitrogen and oxygen atoms in total. The highest BCUT2D eigenvalue weighted by molar-refractivity contribution is 9.10. The van der Waals surface area contributed by atoms with Gasteiger partial charge in [-0.1, -0.05) is 12.5 Å². The summed E-state index contributed by atoms with van der Waals surface area (Å²) >= 11 is 3.31. The highest BCUT2D eigenvalue weighted by Gasteiger charge is 2.48. The lowest BCUT2D eigenvalue weighted by atomic mass is 9.85. The van der Waals surface area contributed by atoms with Gasteiger partial charge in [0.2, 0.25) is 5.89 Å². The molecule has 2 aliphatic rings. The van der Waals surface area contributed by atoms with E-state index < -0.39 is 24.4 Å². The van der Waals surface area contributed by atoms with Crippen molar-refractivity contribution in [2.24, 2.45) is 11.8 Å². The maximum absolute atomic E-state index is 10.7. The van der Waals surface area contributed by atoms with Gasteiger partial charge in [-0.2, -0.15) is 0 Å². The average molecular weight is 523 g/mol. The van der Waals surface area contributed by atoms with Crippen molar-refractivity contribution < 1.29 is 29.2 Å².